The number of rotatable bonds is 12. The minimum atomic E-state index is -3.84. The zero-order chi connectivity index (χ0) is 26.2. The van der Waals surface area contributed by atoms with E-state index in [-0.39, 0.29) is 34.2 Å². The maximum absolute atomic E-state index is 13.6. The standard InChI is InChI=1S/C25H33Cl2N3O4S/c1-5-18(3)28-25(32)23(6-2)29(15-14-19-10-8-7-9-11-19)24(31)17-30(35(4,33)34)20-12-13-21(26)22(27)16-20/h7-13,16,18,23H,5-6,14-15,17H2,1-4H3,(H,28,32)/t18-,23+/m1/s1. The summed E-state index contributed by atoms with van der Waals surface area (Å²) in [4.78, 5) is 28.1. The Kier molecular flexibility index (Phi) is 10.9. The van der Waals surface area contributed by atoms with Crippen molar-refractivity contribution >= 4 is 50.7 Å². The third-order valence-electron chi connectivity index (χ3n) is 5.74. The number of carbonyl (C=O) groups is 2. The number of hydrogen-bond acceptors (Lipinski definition) is 4. The average molecular weight is 543 g/mol. The van der Waals surface area contributed by atoms with Crippen LogP contribution >= 0.6 is 23.2 Å². The number of hydrogen-bond donors (Lipinski definition) is 1. The van der Waals surface area contributed by atoms with Gasteiger partial charge in [-0.2, -0.15) is 0 Å². The lowest BCUT2D eigenvalue weighted by atomic mass is 10.1. The molecule has 0 heterocycles. The lowest BCUT2D eigenvalue weighted by Gasteiger charge is -2.33. The molecule has 10 heteroatoms. The Balaban J connectivity index is 2.38. The van der Waals surface area contributed by atoms with Gasteiger partial charge in [0, 0.05) is 12.6 Å². The molecule has 2 aromatic carbocycles. The predicted molar refractivity (Wildman–Crippen MR) is 142 cm³/mol. The molecule has 2 aromatic rings. The molecule has 35 heavy (non-hydrogen) atoms. The second kappa shape index (κ2) is 13.1. The molecule has 0 bridgehead atoms. The Morgan fingerprint density at radius 1 is 1.00 bits per heavy atom. The van der Waals surface area contributed by atoms with E-state index in [1.807, 2.05) is 51.1 Å². The quantitative estimate of drug-likeness (QED) is 0.427. The van der Waals surface area contributed by atoms with Crippen LogP contribution in [-0.4, -0.2) is 56.6 Å². The van der Waals surface area contributed by atoms with Crippen LogP contribution in [0, 0.1) is 0 Å². The summed E-state index contributed by atoms with van der Waals surface area (Å²) in [6.45, 7) is 5.48. The van der Waals surface area contributed by atoms with Crippen LogP contribution in [0.3, 0.4) is 0 Å². The van der Waals surface area contributed by atoms with Gasteiger partial charge in [-0.25, -0.2) is 8.42 Å². The summed E-state index contributed by atoms with van der Waals surface area (Å²) in [6.07, 6.45) is 2.67. The van der Waals surface area contributed by atoms with Crippen LogP contribution in [0.2, 0.25) is 10.0 Å². The third-order valence-corrected chi connectivity index (χ3v) is 7.62. The van der Waals surface area contributed by atoms with Gasteiger partial charge in [0.15, 0.2) is 0 Å². The summed E-state index contributed by atoms with van der Waals surface area (Å²) in [6, 6.07) is 13.2. The van der Waals surface area contributed by atoms with E-state index in [2.05, 4.69) is 5.32 Å². The molecule has 2 amide bonds. The van der Waals surface area contributed by atoms with E-state index < -0.39 is 28.5 Å². The van der Waals surface area contributed by atoms with E-state index in [0.717, 1.165) is 22.5 Å². The molecular weight excluding hydrogens is 509 g/mol. The fraction of sp³-hybridized carbons (Fsp3) is 0.440. The van der Waals surface area contributed by atoms with Crippen LogP contribution in [0.4, 0.5) is 5.69 Å². The van der Waals surface area contributed by atoms with E-state index in [1.165, 1.54) is 23.1 Å². The molecule has 0 spiro atoms. The van der Waals surface area contributed by atoms with Gasteiger partial charge in [0.1, 0.15) is 12.6 Å². The van der Waals surface area contributed by atoms with Crippen molar-refractivity contribution in [2.24, 2.45) is 0 Å². The SMILES string of the molecule is CC[C@@H](C)NC(=O)[C@H](CC)N(CCc1ccccc1)C(=O)CN(c1ccc(Cl)c(Cl)c1)S(C)(=O)=O. The van der Waals surface area contributed by atoms with E-state index in [1.54, 1.807) is 0 Å². The summed E-state index contributed by atoms with van der Waals surface area (Å²) in [5, 5.41) is 3.39. The van der Waals surface area contributed by atoms with Crippen LogP contribution in [0.15, 0.2) is 48.5 Å². The fourth-order valence-electron chi connectivity index (χ4n) is 3.59. The van der Waals surface area contributed by atoms with E-state index in [0.29, 0.717) is 12.8 Å². The number of carbonyl (C=O) groups excluding carboxylic acids is 2. The van der Waals surface area contributed by atoms with Crippen LogP contribution in [0.1, 0.15) is 39.2 Å². The summed E-state index contributed by atoms with van der Waals surface area (Å²) < 4.78 is 26.2. The molecule has 2 atom stereocenters. The van der Waals surface area contributed by atoms with Gasteiger partial charge in [-0.05, 0) is 49.9 Å². The molecule has 0 saturated carbocycles. The first kappa shape index (κ1) is 28.9. The molecule has 0 radical (unpaired) electrons. The molecule has 0 saturated heterocycles. The Morgan fingerprint density at radius 2 is 1.66 bits per heavy atom. The predicted octanol–water partition coefficient (Wildman–Crippen LogP) is 4.52. The summed E-state index contributed by atoms with van der Waals surface area (Å²) in [5.74, 6) is -0.743. The first-order chi connectivity index (χ1) is 16.5. The Bertz CT molecular complexity index is 1110. The van der Waals surface area contributed by atoms with E-state index in [4.69, 9.17) is 23.2 Å². The minimum absolute atomic E-state index is 0.0497. The summed E-state index contributed by atoms with van der Waals surface area (Å²) >= 11 is 12.1. The van der Waals surface area contributed by atoms with Gasteiger partial charge >= 0.3 is 0 Å². The highest BCUT2D eigenvalue weighted by Crippen LogP contribution is 2.28. The zero-order valence-electron chi connectivity index (χ0n) is 20.5. The van der Waals surface area contributed by atoms with Crippen molar-refractivity contribution in [2.45, 2.75) is 52.1 Å². The maximum atomic E-state index is 13.6. The molecule has 0 aliphatic heterocycles. The molecule has 7 nitrogen and oxygen atoms in total. The Hall–Kier alpha value is -2.29. The van der Waals surface area contributed by atoms with Crippen LogP contribution in [0.5, 0.6) is 0 Å². The third kappa shape index (κ3) is 8.40. The van der Waals surface area contributed by atoms with Crippen molar-refractivity contribution < 1.29 is 18.0 Å². The van der Waals surface area contributed by atoms with Gasteiger partial charge in [0.05, 0.1) is 22.0 Å². The molecule has 0 fully saturated rings. The molecule has 2 rings (SSSR count). The van der Waals surface area contributed by atoms with Crippen molar-refractivity contribution in [3.63, 3.8) is 0 Å². The molecular formula is C25H33Cl2N3O4S. The molecule has 192 valence electrons. The fourth-order valence-corrected chi connectivity index (χ4v) is 4.72. The van der Waals surface area contributed by atoms with Crippen molar-refractivity contribution in [3.8, 4) is 0 Å². The monoisotopic (exact) mass is 541 g/mol. The molecule has 0 aliphatic carbocycles. The average Bonchev–Trinajstić information content (AvgIpc) is 2.81. The largest absolute Gasteiger partial charge is 0.352 e. The smallest absolute Gasteiger partial charge is 0.244 e. The van der Waals surface area contributed by atoms with Crippen LogP contribution in [0.25, 0.3) is 0 Å². The highest BCUT2D eigenvalue weighted by molar-refractivity contribution is 7.92. The number of nitrogens with zero attached hydrogens (tertiary/aromatic N) is 2. The highest BCUT2D eigenvalue weighted by atomic mass is 35.5. The van der Waals surface area contributed by atoms with Gasteiger partial charge < -0.3 is 10.2 Å². The number of nitrogens with one attached hydrogen (secondary N) is 1. The van der Waals surface area contributed by atoms with Crippen LogP contribution in [-0.2, 0) is 26.0 Å². The van der Waals surface area contributed by atoms with Gasteiger partial charge in [0.25, 0.3) is 0 Å². The first-order valence-electron chi connectivity index (χ1n) is 11.5. The van der Waals surface area contributed by atoms with Crippen molar-refractivity contribution in [1.29, 1.82) is 0 Å². The Labute approximate surface area is 218 Å². The maximum Gasteiger partial charge on any atom is 0.244 e. The number of anilines is 1. The number of halogens is 2. The molecule has 0 aliphatic rings. The number of amides is 2. The number of benzene rings is 2. The van der Waals surface area contributed by atoms with Gasteiger partial charge in [-0.3, -0.25) is 13.9 Å². The van der Waals surface area contributed by atoms with Gasteiger partial charge in [-0.1, -0.05) is 67.4 Å². The lowest BCUT2D eigenvalue weighted by Crippen LogP contribution is -2.54. The number of sulfonamides is 1. The van der Waals surface area contributed by atoms with E-state index >= 15 is 0 Å². The molecule has 1 N–H and O–H groups in total. The van der Waals surface area contributed by atoms with Gasteiger partial charge in [0.2, 0.25) is 21.8 Å². The van der Waals surface area contributed by atoms with Crippen molar-refractivity contribution in [2.75, 3.05) is 23.7 Å². The zero-order valence-corrected chi connectivity index (χ0v) is 22.8. The molecule has 0 aromatic heterocycles. The summed E-state index contributed by atoms with van der Waals surface area (Å²) in [5.41, 5.74) is 1.22. The van der Waals surface area contributed by atoms with Gasteiger partial charge in [-0.15, -0.1) is 0 Å². The first-order valence-corrected chi connectivity index (χ1v) is 14.1. The minimum Gasteiger partial charge on any atom is -0.352 e. The van der Waals surface area contributed by atoms with Crippen molar-refractivity contribution in [3.05, 3.63) is 64.1 Å². The van der Waals surface area contributed by atoms with E-state index in [9.17, 15) is 18.0 Å². The van der Waals surface area contributed by atoms with Crippen LogP contribution < -0.4 is 9.62 Å². The Morgan fingerprint density at radius 3 is 2.20 bits per heavy atom. The molecule has 0 unspecified atom stereocenters. The summed E-state index contributed by atoms with van der Waals surface area (Å²) in [7, 11) is -3.84. The van der Waals surface area contributed by atoms with Crippen molar-refractivity contribution in [1.82, 2.24) is 10.2 Å². The normalized spacial score (nSPS) is 13.1. The second-order valence-corrected chi connectivity index (χ2v) is 11.2. The topological polar surface area (TPSA) is 86.8 Å². The highest BCUT2D eigenvalue weighted by Gasteiger charge is 2.32. The second-order valence-electron chi connectivity index (χ2n) is 8.43. The lowest BCUT2D eigenvalue weighted by molar-refractivity contribution is -0.139.